The zero-order chi connectivity index (χ0) is 12.4. The third kappa shape index (κ3) is 3.43. The lowest BCUT2D eigenvalue weighted by atomic mass is 9.75. The van der Waals surface area contributed by atoms with Crippen molar-refractivity contribution < 1.29 is 0 Å². The fourth-order valence-electron chi connectivity index (χ4n) is 1.14. The van der Waals surface area contributed by atoms with Gasteiger partial charge in [0.1, 0.15) is 0 Å². The number of rotatable bonds is 5. The average molecular weight is 243 g/mol. The molecule has 0 bridgehead atoms. The minimum atomic E-state index is -0.234. The first-order valence-electron chi connectivity index (χ1n) is 5.39. The van der Waals surface area contributed by atoms with Crippen molar-refractivity contribution in [3.63, 3.8) is 0 Å². The summed E-state index contributed by atoms with van der Waals surface area (Å²) in [5, 5.41) is 5.16. The van der Waals surface area contributed by atoms with E-state index < -0.39 is 0 Å². The van der Waals surface area contributed by atoms with Crippen molar-refractivity contribution in [3.05, 3.63) is 20.7 Å². The van der Waals surface area contributed by atoms with Crippen LogP contribution in [0.1, 0.15) is 33.4 Å². The van der Waals surface area contributed by atoms with E-state index in [1.807, 2.05) is 19.2 Å². The van der Waals surface area contributed by atoms with Crippen LogP contribution in [0.5, 0.6) is 0 Å². The van der Waals surface area contributed by atoms with Gasteiger partial charge < -0.3 is 16.0 Å². The molecule has 92 valence electrons. The maximum atomic E-state index is 10.9. The topological polar surface area (TPSA) is 70.9 Å². The lowest BCUT2D eigenvalue weighted by Crippen LogP contribution is -2.52. The number of aromatic nitrogens is 1. The molecule has 4 nitrogen and oxygen atoms in total. The Morgan fingerprint density at radius 1 is 1.44 bits per heavy atom. The van der Waals surface area contributed by atoms with Crippen molar-refractivity contribution in [3.8, 4) is 0 Å². The van der Waals surface area contributed by atoms with Gasteiger partial charge in [-0.15, -0.1) is 0 Å². The average Bonchev–Trinajstić information content (AvgIpc) is 2.49. The maximum Gasteiger partial charge on any atom is 0.304 e. The van der Waals surface area contributed by atoms with E-state index in [-0.39, 0.29) is 15.8 Å². The third-order valence-corrected chi connectivity index (χ3v) is 3.92. The van der Waals surface area contributed by atoms with E-state index in [4.69, 9.17) is 5.73 Å². The Kier molecular flexibility index (Phi) is 3.93. The summed E-state index contributed by atoms with van der Waals surface area (Å²) in [4.78, 5) is 13.7. The van der Waals surface area contributed by atoms with Gasteiger partial charge in [-0.05, 0) is 19.3 Å². The first-order valence-corrected chi connectivity index (χ1v) is 6.27. The van der Waals surface area contributed by atoms with E-state index >= 15 is 0 Å². The number of nitrogens with two attached hydrogens (primary N) is 1. The van der Waals surface area contributed by atoms with E-state index in [1.54, 1.807) is 0 Å². The molecular weight excluding hydrogens is 222 g/mol. The monoisotopic (exact) mass is 243 g/mol. The maximum absolute atomic E-state index is 10.9. The first-order chi connectivity index (χ1) is 7.22. The van der Waals surface area contributed by atoms with Crippen LogP contribution in [0.4, 0.5) is 0 Å². The van der Waals surface area contributed by atoms with E-state index in [9.17, 15) is 4.79 Å². The van der Waals surface area contributed by atoms with Crippen molar-refractivity contribution in [2.24, 2.45) is 11.1 Å². The number of hydrogen-bond donors (Lipinski definition) is 3. The summed E-state index contributed by atoms with van der Waals surface area (Å²) in [6.07, 6.45) is 0. The van der Waals surface area contributed by atoms with Crippen LogP contribution in [0.25, 0.3) is 0 Å². The molecule has 1 rings (SSSR count). The minimum absolute atomic E-state index is 0.00329. The molecule has 1 aromatic rings. The highest BCUT2D eigenvalue weighted by molar-refractivity contribution is 7.07. The van der Waals surface area contributed by atoms with Crippen molar-refractivity contribution in [2.45, 2.75) is 39.8 Å². The van der Waals surface area contributed by atoms with Crippen molar-refractivity contribution in [1.82, 2.24) is 10.3 Å². The Labute approximate surface area is 100 Å². The molecule has 1 aromatic heterocycles. The second-order valence-corrected chi connectivity index (χ2v) is 6.22. The molecule has 0 saturated heterocycles. The predicted molar refractivity (Wildman–Crippen MR) is 68.7 cm³/mol. The summed E-state index contributed by atoms with van der Waals surface area (Å²) in [6, 6.07) is 0. The molecular formula is C11H21N3OS. The first kappa shape index (κ1) is 13.4. The molecule has 0 saturated carbocycles. The van der Waals surface area contributed by atoms with E-state index in [0.717, 1.165) is 12.2 Å². The fourth-order valence-corrected chi connectivity index (χ4v) is 1.72. The van der Waals surface area contributed by atoms with Gasteiger partial charge in [0.2, 0.25) is 0 Å². The Hall–Kier alpha value is -0.650. The van der Waals surface area contributed by atoms with Crippen LogP contribution in [0.15, 0.2) is 10.2 Å². The molecule has 0 aliphatic rings. The molecule has 0 aliphatic carbocycles. The zero-order valence-electron chi connectivity index (χ0n) is 10.4. The Bertz CT molecular complexity index is 386. The van der Waals surface area contributed by atoms with Gasteiger partial charge in [0.25, 0.3) is 0 Å². The van der Waals surface area contributed by atoms with Crippen LogP contribution in [0.2, 0.25) is 0 Å². The van der Waals surface area contributed by atoms with Crippen LogP contribution in [0, 0.1) is 5.41 Å². The summed E-state index contributed by atoms with van der Waals surface area (Å²) in [5.41, 5.74) is 6.80. The molecule has 0 aromatic carbocycles. The highest BCUT2D eigenvalue weighted by Crippen LogP contribution is 2.27. The molecule has 4 N–H and O–H groups in total. The second-order valence-electron chi connectivity index (χ2n) is 5.38. The van der Waals surface area contributed by atoms with E-state index in [0.29, 0.717) is 6.54 Å². The minimum Gasteiger partial charge on any atom is -0.325 e. The number of thiazole rings is 1. The smallest absolute Gasteiger partial charge is 0.304 e. The summed E-state index contributed by atoms with van der Waals surface area (Å²) < 4.78 is 0. The van der Waals surface area contributed by atoms with Crippen molar-refractivity contribution in [2.75, 3.05) is 6.54 Å². The third-order valence-electron chi connectivity index (χ3n) is 3.20. The van der Waals surface area contributed by atoms with Crippen LogP contribution >= 0.6 is 11.3 Å². The summed E-state index contributed by atoms with van der Waals surface area (Å²) in [6.45, 7) is 9.82. The van der Waals surface area contributed by atoms with Crippen molar-refractivity contribution >= 4 is 11.3 Å². The molecule has 0 aliphatic heterocycles. The summed E-state index contributed by atoms with van der Waals surface area (Å²) >= 11 is 1.19. The number of H-pyrrole nitrogens is 1. The molecule has 0 amide bonds. The predicted octanol–water partition coefficient (Wildman–Crippen LogP) is 1.29. The Balaban J connectivity index is 2.44. The highest BCUT2D eigenvalue weighted by Gasteiger charge is 2.32. The van der Waals surface area contributed by atoms with Crippen LogP contribution < -0.4 is 15.9 Å². The Morgan fingerprint density at radius 3 is 2.50 bits per heavy atom. The number of nitrogens with one attached hydrogen (secondary N) is 2. The molecule has 1 heterocycles. The van der Waals surface area contributed by atoms with Gasteiger partial charge >= 0.3 is 4.87 Å². The van der Waals surface area contributed by atoms with Gasteiger partial charge in [-0.3, -0.25) is 4.79 Å². The van der Waals surface area contributed by atoms with E-state index in [1.165, 1.54) is 11.3 Å². The molecule has 0 fully saturated rings. The van der Waals surface area contributed by atoms with Gasteiger partial charge in [0, 0.05) is 29.7 Å². The summed E-state index contributed by atoms with van der Waals surface area (Å²) in [7, 11) is 0. The van der Waals surface area contributed by atoms with Gasteiger partial charge in [-0.1, -0.05) is 25.2 Å². The van der Waals surface area contributed by atoms with Gasteiger partial charge in [-0.2, -0.15) is 0 Å². The van der Waals surface area contributed by atoms with Gasteiger partial charge in [0.05, 0.1) is 0 Å². The lowest BCUT2D eigenvalue weighted by molar-refractivity contribution is 0.194. The zero-order valence-corrected chi connectivity index (χ0v) is 11.2. The van der Waals surface area contributed by atoms with Gasteiger partial charge in [-0.25, -0.2) is 0 Å². The molecule has 0 atom stereocenters. The Morgan fingerprint density at radius 2 is 2.06 bits per heavy atom. The standard InChI is InChI=1S/C11H21N3OS/c1-10(2,11(3,4)12)7-13-5-8-6-16-9(15)14-8/h6,13H,5,7,12H2,1-4H3,(H,14,15). The lowest BCUT2D eigenvalue weighted by Gasteiger charge is -2.38. The van der Waals surface area contributed by atoms with Crippen LogP contribution in [-0.2, 0) is 6.54 Å². The quantitative estimate of drug-likeness (QED) is 0.730. The van der Waals surface area contributed by atoms with Crippen LogP contribution in [-0.4, -0.2) is 17.1 Å². The van der Waals surface area contributed by atoms with Gasteiger partial charge in [0.15, 0.2) is 0 Å². The number of aromatic amines is 1. The van der Waals surface area contributed by atoms with Crippen LogP contribution in [0.3, 0.4) is 0 Å². The largest absolute Gasteiger partial charge is 0.325 e. The fraction of sp³-hybridized carbons (Fsp3) is 0.727. The molecule has 0 unspecified atom stereocenters. The van der Waals surface area contributed by atoms with Crippen molar-refractivity contribution in [1.29, 1.82) is 0 Å². The molecule has 5 heteroatoms. The number of hydrogen-bond acceptors (Lipinski definition) is 4. The SMILES string of the molecule is CC(C)(N)C(C)(C)CNCc1csc(=O)[nH]1. The molecule has 16 heavy (non-hydrogen) atoms. The normalized spacial score (nSPS) is 13.1. The summed E-state index contributed by atoms with van der Waals surface area (Å²) in [5.74, 6) is 0. The highest BCUT2D eigenvalue weighted by atomic mass is 32.1. The van der Waals surface area contributed by atoms with E-state index in [2.05, 4.69) is 24.1 Å². The second kappa shape index (κ2) is 4.69. The molecule has 0 radical (unpaired) electrons. The molecule has 0 spiro atoms.